The molecule has 1 unspecified atom stereocenters. The number of ether oxygens (including phenoxy) is 2. The Labute approximate surface area is 183 Å². The molecule has 29 heavy (non-hydrogen) atoms. The second-order valence-electron chi connectivity index (χ2n) is 7.89. The van der Waals surface area contributed by atoms with Crippen LogP contribution in [-0.2, 0) is 9.53 Å². The van der Waals surface area contributed by atoms with Crippen molar-refractivity contribution in [3.8, 4) is 5.75 Å². The normalized spacial score (nSPS) is 12.2. The first kappa shape index (κ1) is 25.4. The molecular formula is C21H32Cl2N2O4. The molecule has 0 fully saturated rings. The molecule has 164 valence electrons. The van der Waals surface area contributed by atoms with Crippen molar-refractivity contribution < 1.29 is 19.1 Å². The van der Waals surface area contributed by atoms with Crippen molar-refractivity contribution in [1.29, 1.82) is 0 Å². The average Bonchev–Trinajstić information content (AvgIpc) is 2.61. The van der Waals surface area contributed by atoms with E-state index in [2.05, 4.69) is 24.5 Å². The number of alkyl carbamates (subject to hydrolysis) is 1. The van der Waals surface area contributed by atoms with E-state index in [1.165, 1.54) is 0 Å². The third kappa shape index (κ3) is 10.1. The van der Waals surface area contributed by atoms with Crippen LogP contribution in [0.15, 0.2) is 12.1 Å². The lowest BCUT2D eigenvalue weighted by molar-refractivity contribution is -0.123. The van der Waals surface area contributed by atoms with Crippen molar-refractivity contribution in [3.05, 3.63) is 27.7 Å². The fourth-order valence-electron chi connectivity index (χ4n) is 2.49. The number of unbranched alkanes of at least 4 members (excludes halogenated alkanes) is 1. The van der Waals surface area contributed by atoms with E-state index in [0.717, 1.165) is 24.8 Å². The molecular weight excluding hydrogens is 415 g/mol. The summed E-state index contributed by atoms with van der Waals surface area (Å²) in [5.41, 5.74) is 0.380. The molecule has 1 atom stereocenters. The van der Waals surface area contributed by atoms with Gasteiger partial charge in [0.15, 0.2) is 6.61 Å². The summed E-state index contributed by atoms with van der Waals surface area (Å²) in [6.07, 6.45) is 1.91. The Hall–Kier alpha value is -1.66. The molecule has 0 spiro atoms. The van der Waals surface area contributed by atoms with Gasteiger partial charge in [0.2, 0.25) is 0 Å². The van der Waals surface area contributed by atoms with Crippen LogP contribution < -0.4 is 15.4 Å². The zero-order valence-corrected chi connectivity index (χ0v) is 19.4. The molecule has 0 aliphatic rings. The van der Waals surface area contributed by atoms with Crippen molar-refractivity contribution in [1.82, 2.24) is 10.6 Å². The van der Waals surface area contributed by atoms with E-state index < -0.39 is 11.7 Å². The second-order valence-corrected chi connectivity index (χ2v) is 8.73. The van der Waals surface area contributed by atoms with Crippen LogP contribution in [0.4, 0.5) is 4.79 Å². The molecule has 0 aliphatic carbocycles. The van der Waals surface area contributed by atoms with E-state index in [1.807, 2.05) is 26.8 Å². The van der Waals surface area contributed by atoms with Gasteiger partial charge in [0.25, 0.3) is 5.91 Å². The van der Waals surface area contributed by atoms with Gasteiger partial charge in [-0.1, -0.05) is 37.0 Å². The quantitative estimate of drug-likeness (QED) is 0.477. The van der Waals surface area contributed by atoms with Crippen LogP contribution in [0.2, 0.25) is 10.0 Å². The lowest BCUT2D eigenvalue weighted by Crippen LogP contribution is -2.33. The van der Waals surface area contributed by atoms with E-state index in [0.29, 0.717) is 28.9 Å². The summed E-state index contributed by atoms with van der Waals surface area (Å²) in [6.45, 7) is 10.4. The molecule has 0 aromatic heterocycles. The van der Waals surface area contributed by atoms with Gasteiger partial charge in [0.05, 0.1) is 5.02 Å². The molecule has 0 radical (unpaired) electrons. The second kappa shape index (κ2) is 12.1. The van der Waals surface area contributed by atoms with Crippen LogP contribution in [0.1, 0.15) is 65.4 Å². The van der Waals surface area contributed by atoms with Crippen molar-refractivity contribution >= 4 is 35.2 Å². The van der Waals surface area contributed by atoms with Gasteiger partial charge >= 0.3 is 6.09 Å². The Kier molecular flexibility index (Phi) is 10.6. The molecule has 1 aromatic carbocycles. The van der Waals surface area contributed by atoms with Crippen molar-refractivity contribution in [3.63, 3.8) is 0 Å². The predicted octanol–water partition coefficient (Wildman–Crippen LogP) is 5.31. The Balaban J connectivity index is 2.34. The molecule has 0 saturated carbocycles. The van der Waals surface area contributed by atoms with Gasteiger partial charge in [0, 0.05) is 18.1 Å². The summed E-state index contributed by atoms with van der Waals surface area (Å²) in [5, 5.41) is 6.42. The lowest BCUT2D eigenvalue weighted by atomic mass is 9.98. The zero-order chi connectivity index (χ0) is 22.0. The van der Waals surface area contributed by atoms with Crippen LogP contribution >= 0.6 is 23.2 Å². The van der Waals surface area contributed by atoms with Crippen molar-refractivity contribution in [2.45, 2.75) is 65.4 Å². The molecule has 2 amide bonds. The Morgan fingerprint density at radius 3 is 2.31 bits per heavy atom. The Bertz CT molecular complexity index is 690. The summed E-state index contributed by atoms with van der Waals surface area (Å²) in [7, 11) is 0. The van der Waals surface area contributed by atoms with Gasteiger partial charge in [-0.25, -0.2) is 4.79 Å². The minimum absolute atomic E-state index is 0.124. The highest BCUT2D eigenvalue weighted by atomic mass is 35.5. The van der Waals surface area contributed by atoms with E-state index >= 15 is 0 Å². The molecule has 2 N–H and O–H groups in total. The first-order valence-corrected chi connectivity index (χ1v) is 10.6. The van der Waals surface area contributed by atoms with Gasteiger partial charge in [-0.2, -0.15) is 0 Å². The highest BCUT2D eigenvalue weighted by molar-refractivity contribution is 6.35. The third-order valence-corrected chi connectivity index (χ3v) is 4.62. The van der Waals surface area contributed by atoms with Crippen LogP contribution in [0.5, 0.6) is 5.75 Å². The minimum Gasteiger partial charge on any atom is -0.482 e. The molecule has 0 heterocycles. The largest absolute Gasteiger partial charge is 0.482 e. The summed E-state index contributed by atoms with van der Waals surface area (Å²) in [6, 6.07) is 3.44. The van der Waals surface area contributed by atoms with E-state index in [9.17, 15) is 9.59 Å². The number of nitrogens with one attached hydrogen (secondary N) is 2. The first-order chi connectivity index (χ1) is 13.5. The summed E-state index contributed by atoms with van der Waals surface area (Å²) in [5.74, 6) is 0.482. The number of benzene rings is 1. The van der Waals surface area contributed by atoms with Crippen LogP contribution in [-0.4, -0.2) is 37.3 Å². The number of hydrogen-bond donors (Lipinski definition) is 2. The van der Waals surface area contributed by atoms with Crippen molar-refractivity contribution in [2.75, 3.05) is 19.7 Å². The van der Waals surface area contributed by atoms with E-state index in [-0.39, 0.29) is 18.4 Å². The number of carbonyl (C=O) groups is 2. The maximum Gasteiger partial charge on any atom is 0.407 e. The van der Waals surface area contributed by atoms with Gasteiger partial charge < -0.3 is 20.1 Å². The molecule has 1 aromatic rings. The molecule has 0 aliphatic heterocycles. The summed E-state index contributed by atoms with van der Waals surface area (Å²) < 4.78 is 10.8. The van der Waals surface area contributed by atoms with Crippen LogP contribution in [0.25, 0.3) is 0 Å². The SMILES string of the molecule is CCC(C)c1cc(Cl)cc(Cl)c1OCC(=O)NCCCCNC(=O)OC(C)(C)C. The summed E-state index contributed by atoms with van der Waals surface area (Å²) >= 11 is 12.4. The molecule has 6 nitrogen and oxygen atoms in total. The Morgan fingerprint density at radius 2 is 1.72 bits per heavy atom. The smallest absolute Gasteiger partial charge is 0.407 e. The lowest BCUT2D eigenvalue weighted by Gasteiger charge is -2.19. The highest BCUT2D eigenvalue weighted by Crippen LogP contribution is 2.37. The van der Waals surface area contributed by atoms with Gasteiger partial charge in [-0.3, -0.25) is 4.79 Å². The van der Waals surface area contributed by atoms with Crippen LogP contribution in [0.3, 0.4) is 0 Å². The van der Waals surface area contributed by atoms with E-state index in [1.54, 1.807) is 6.07 Å². The summed E-state index contributed by atoms with van der Waals surface area (Å²) in [4.78, 5) is 23.6. The van der Waals surface area contributed by atoms with E-state index in [4.69, 9.17) is 32.7 Å². The number of hydrogen-bond acceptors (Lipinski definition) is 4. The first-order valence-electron chi connectivity index (χ1n) is 9.88. The molecule has 0 saturated heterocycles. The maximum atomic E-state index is 12.0. The number of carbonyl (C=O) groups excluding carboxylic acids is 2. The highest BCUT2D eigenvalue weighted by Gasteiger charge is 2.17. The average molecular weight is 447 g/mol. The topological polar surface area (TPSA) is 76.7 Å². The molecule has 1 rings (SSSR count). The van der Waals surface area contributed by atoms with Gasteiger partial charge in [-0.05, 0) is 63.6 Å². The maximum absolute atomic E-state index is 12.0. The molecule has 8 heteroatoms. The van der Waals surface area contributed by atoms with Gasteiger partial charge in [-0.15, -0.1) is 0 Å². The zero-order valence-electron chi connectivity index (χ0n) is 17.9. The van der Waals surface area contributed by atoms with Crippen LogP contribution in [0, 0.1) is 0 Å². The fraction of sp³-hybridized carbons (Fsp3) is 0.619. The number of amides is 2. The predicted molar refractivity (Wildman–Crippen MR) is 117 cm³/mol. The third-order valence-electron chi connectivity index (χ3n) is 4.12. The fourth-order valence-corrected chi connectivity index (χ4v) is 3.05. The Morgan fingerprint density at radius 1 is 1.10 bits per heavy atom. The number of halogens is 2. The van der Waals surface area contributed by atoms with Gasteiger partial charge in [0.1, 0.15) is 11.4 Å². The minimum atomic E-state index is -0.514. The standard InChI is InChI=1S/C21H32Cl2N2O4/c1-6-14(2)16-11-15(22)12-17(23)19(16)28-13-18(26)24-9-7-8-10-25-20(27)29-21(3,4)5/h11-12,14H,6-10,13H2,1-5H3,(H,24,26)(H,25,27). The van der Waals surface area contributed by atoms with Crippen molar-refractivity contribution in [2.24, 2.45) is 0 Å². The molecule has 0 bridgehead atoms. The monoisotopic (exact) mass is 446 g/mol. The number of rotatable bonds is 10.